The first-order chi connectivity index (χ1) is 19.2. The number of furan rings is 1. The predicted molar refractivity (Wildman–Crippen MR) is 150 cm³/mol. The summed E-state index contributed by atoms with van der Waals surface area (Å²) in [4.78, 5) is 44.9. The van der Waals surface area contributed by atoms with E-state index in [9.17, 15) is 19.5 Å². The zero-order valence-corrected chi connectivity index (χ0v) is 23.2. The van der Waals surface area contributed by atoms with Crippen LogP contribution in [0, 0.1) is 0 Å². The molecule has 0 saturated carbocycles. The number of carboxylic acids is 1. The molecule has 2 aromatic heterocycles. The molecule has 40 heavy (non-hydrogen) atoms. The number of ether oxygens (including phenoxy) is 1. The van der Waals surface area contributed by atoms with Gasteiger partial charge in [0.15, 0.2) is 4.80 Å². The van der Waals surface area contributed by atoms with E-state index in [2.05, 4.69) is 4.99 Å². The number of fused-ring (bicyclic) bond motifs is 1. The molecule has 0 unspecified atom stereocenters. The smallest absolute Gasteiger partial charge is 0.338 e. The van der Waals surface area contributed by atoms with Gasteiger partial charge in [-0.1, -0.05) is 47.7 Å². The molecule has 5 rings (SSSR count). The number of aromatic carboxylic acids is 1. The zero-order valence-electron chi connectivity index (χ0n) is 22.3. The Labute approximate surface area is 233 Å². The molecule has 0 fully saturated rings. The summed E-state index contributed by atoms with van der Waals surface area (Å²) in [5.74, 6) is -0.809. The van der Waals surface area contributed by atoms with E-state index < -0.39 is 18.0 Å². The lowest BCUT2D eigenvalue weighted by Crippen LogP contribution is -2.39. The Kier molecular flexibility index (Phi) is 7.27. The largest absolute Gasteiger partial charge is 0.545 e. The number of nitrogens with zero attached hydrogens (tertiary/aromatic N) is 3. The van der Waals surface area contributed by atoms with E-state index in [0.717, 1.165) is 11.3 Å². The van der Waals surface area contributed by atoms with Crippen molar-refractivity contribution in [2.45, 2.75) is 19.9 Å². The van der Waals surface area contributed by atoms with Crippen molar-refractivity contribution >= 4 is 35.0 Å². The van der Waals surface area contributed by atoms with Crippen molar-refractivity contribution in [3.05, 3.63) is 109 Å². The quantitative estimate of drug-likeness (QED) is 0.321. The van der Waals surface area contributed by atoms with Gasteiger partial charge in [-0.25, -0.2) is 9.79 Å². The molecule has 204 valence electrons. The van der Waals surface area contributed by atoms with Crippen LogP contribution in [0.5, 0.6) is 0 Å². The minimum atomic E-state index is -1.25. The third kappa shape index (κ3) is 5.01. The van der Waals surface area contributed by atoms with Crippen LogP contribution in [-0.4, -0.2) is 37.2 Å². The molecular weight excluding hydrogens is 530 g/mol. The number of benzene rings is 2. The van der Waals surface area contributed by atoms with Gasteiger partial charge < -0.3 is 24.0 Å². The number of hydrogen-bond donors (Lipinski definition) is 0. The van der Waals surface area contributed by atoms with Gasteiger partial charge in [0.1, 0.15) is 11.5 Å². The molecule has 0 aliphatic carbocycles. The standard InChI is InChI=1S/C30H27N3O6S/c1-5-38-29(37)25-17(2)31-30-33(26(25)19-10-12-21(13-11-19)32(3)4)27(34)24(40-30)16-22-14-15-23(39-22)18-6-8-20(9-7-18)28(35)36/h6-16,26H,5H2,1-4H3,(H,35,36)/p-1/b24-16-/t26-/m0/s1. The molecular formula is C30H26N3O6S-. The van der Waals surface area contributed by atoms with E-state index in [1.54, 1.807) is 44.2 Å². The summed E-state index contributed by atoms with van der Waals surface area (Å²) in [5.41, 5.74) is 3.00. The van der Waals surface area contributed by atoms with Crippen molar-refractivity contribution in [1.29, 1.82) is 0 Å². The second kappa shape index (κ2) is 10.8. The predicted octanol–water partition coefficient (Wildman–Crippen LogP) is 2.49. The fraction of sp³-hybridized carbons (Fsp3) is 0.200. The highest BCUT2D eigenvalue weighted by Crippen LogP contribution is 2.31. The number of carbonyl (C=O) groups excluding carboxylic acids is 2. The number of allylic oxidation sites excluding steroid dienone is 1. The minimum absolute atomic E-state index is 0.0695. The second-order valence-corrected chi connectivity index (χ2v) is 10.4. The van der Waals surface area contributed by atoms with Crippen molar-refractivity contribution in [3.63, 3.8) is 0 Å². The Hall–Kier alpha value is -4.70. The average Bonchev–Trinajstić information content (AvgIpc) is 3.52. The molecule has 0 amide bonds. The molecule has 10 heteroatoms. The van der Waals surface area contributed by atoms with Gasteiger partial charge in [-0.3, -0.25) is 9.36 Å². The Bertz CT molecular complexity index is 1810. The number of thiazole rings is 1. The van der Waals surface area contributed by atoms with Gasteiger partial charge in [-0.15, -0.1) is 0 Å². The molecule has 1 aliphatic rings. The molecule has 1 aliphatic heterocycles. The number of carbonyl (C=O) groups is 2. The van der Waals surface area contributed by atoms with Gasteiger partial charge in [0.25, 0.3) is 5.56 Å². The lowest BCUT2D eigenvalue weighted by molar-refractivity contribution is -0.255. The maximum Gasteiger partial charge on any atom is 0.338 e. The molecule has 0 saturated heterocycles. The van der Waals surface area contributed by atoms with Gasteiger partial charge in [0.05, 0.1) is 34.4 Å². The molecule has 1 atom stereocenters. The highest BCUT2D eigenvalue weighted by atomic mass is 32.1. The summed E-state index contributed by atoms with van der Waals surface area (Å²) in [5, 5.41) is 11.0. The monoisotopic (exact) mass is 556 g/mol. The fourth-order valence-electron chi connectivity index (χ4n) is 4.55. The van der Waals surface area contributed by atoms with Crippen molar-refractivity contribution in [2.75, 3.05) is 25.6 Å². The highest BCUT2D eigenvalue weighted by molar-refractivity contribution is 7.07. The van der Waals surface area contributed by atoms with Crippen molar-refractivity contribution in [1.82, 2.24) is 4.57 Å². The van der Waals surface area contributed by atoms with E-state index in [-0.39, 0.29) is 17.7 Å². The number of anilines is 1. The second-order valence-electron chi connectivity index (χ2n) is 9.36. The maximum absolute atomic E-state index is 13.8. The van der Waals surface area contributed by atoms with Crippen molar-refractivity contribution < 1.29 is 23.8 Å². The van der Waals surface area contributed by atoms with Crippen LogP contribution in [0.15, 0.2) is 86.1 Å². The van der Waals surface area contributed by atoms with Crippen LogP contribution in [0.1, 0.15) is 41.6 Å². The van der Waals surface area contributed by atoms with Crippen molar-refractivity contribution in [3.8, 4) is 11.3 Å². The number of hydrogen-bond acceptors (Lipinski definition) is 9. The first-order valence-corrected chi connectivity index (χ1v) is 13.4. The Morgan fingerprint density at radius 3 is 2.42 bits per heavy atom. The van der Waals surface area contributed by atoms with Crippen LogP contribution in [0.2, 0.25) is 0 Å². The normalized spacial score (nSPS) is 15.0. The van der Waals surface area contributed by atoms with Gasteiger partial charge in [0, 0.05) is 31.4 Å². The molecule has 0 bridgehead atoms. The van der Waals surface area contributed by atoms with Crippen LogP contribution in [0.3, 0.4) is 0 Å². The van der Waals surface area contributed by atoms with Crippen molar-refractivity contribution in [2.24, 2.45) is 4.99 Å². The van der Waals surface area contributed by atoms with Crippen LogP contribution in [0.25, 0.3) is 17.4 Å². The molecule has 9 nitrogen and oxygen atoms in total. The van der Waals surface area contributed by atoms with E-state index in [1.165, 1.54) is 28.0 Å². The topological polar surface area (TPSA) is 117 Å². The Balaban J connectivity index is 1.59. The van der Waals surface area contributed by atoms with Gasteiger partial charge in [-0.05, 0) is 49.2 Å². The summed E-state index contributed by atoms with van der Waals surface area (Å²) in [6.07, 6.45) is 1.64. The molecule has 0 spiro atoms. The van der Waals surface area contributed by atoms with E-state index in [4.69, 9.17) is 9.15 Å². The maximum atomic E-state index is 13.8. The summed E-state index contributed by atoms with van der Waals surface area (Å²) < 4.78 is 13.2. The molecule has 3 heterocycles. The van der Waals surface area contributed by atoms with Gasteiger partial charge in [0.2, 0.25) is 0 Å². The lowest BCUT2D eigenvalue weighted by atomic mass is 9.95. The summed E-state index contributed by atoms with van der Waals surface area (Å²) in [6.45, 7) is 3.68. The number of aromatic nitrogens is 1. The fourth-order valence-corrected chi connectivity index (χ4v) is 5.57. The third-order valence-corrected chi connectivity index (χ3v) is 7.53. The SMILES string of the molecule is CCOC(=O)C1=C(C)N=c2s/c(=C\c3ccc(-c4ccc(C(=O)[O-])cc4)o3)c(=O)n2[C@H]1c1ccc(N(C)C)cc1. The first-order valence-electron chi connectivity index (χ1n) is 12.6. The summed E-state index contributed by atoms with van der Waals surface area (Å²) in [7, 11) is 3.88. The van der Waals surface area contributed by atoms with Crippen LogP contribution in [-0.2, 0) is 9.53 Å². The van der Waals surface area contributed by atoms with Crippen LogP contribution >= 0.6 is 11.3 Å². The average molecular weight is 557 g/mol. The van der Waals surface area contributed by atoms with E-state index >= 15 is 0 Å². The van der Waals surface area contributed by atoms with E-state index in [1.807, 2.05) is 43.3 Å². The first kappa shape index (κ1) is 26.9. The van der Waals surface area contributed by atoms with E-state index in [0.29, 0.717) is 37.7 Å². The number of carboxylic acid groups (broad SMARTS) is 1. The molecule has 2 aromatic carbocycles. The number of esters is 1. The zero-order chi connectivity index (χ0) is 28.6. The van der Waals surface area contributed by atoms with Gasteiger partial charge >= 0.3 is 5.97 Å². The van der Waals surface area contributed by atoms with Gasteiger partial charge in [-0.2, -0.15) is 0 Å². The van der Waals surface area contributed by atoms with Crippen LogP contribution < -0.4 is 24.9 Å². The summed E-state index contributed by atoms with van der Waals surface area (Å²) >= 11 is 1.21. The number of rotatable bonds is 7. The lowest BCUT2D eigenvalue weighted by Gasteiger charge is -2.25. The third-order valence-electron chi connectivity index (χ3n) is 6.55. The highest BCUT2D eigenvalue weighted by Gasteiger charge is 2.33. The Morgan fingerprint density at radius 2 is 1.80 bits per heavy atom. The Morgan fingerprint density at radius 1 is 1.10 bits per heavy atom. The molecule has 0 radical (unpaired) electrons. The molecule has 4 aromatic rings. The minimum Gasteiger partial charge on any atom is -0.545 e. The summed E-state index contributed by atoms with van der Waals surface area (Å²) in [6, 6.07) is 16.6. The molecule has 0 N–H and O–H groups in total. The van der Waals surface area contributed by atoms with Crippen LogP contribution in [0.4, 0.5) is 5.69 Å².